The molecule has 0 unspecified atom stereocenters. The van der Waals surface area contributed by atoms with Crippen molar-refractivity contribution in [3.8, 4) is 23.1 Å². The number of benzene rings is 3. The number of fused-ring (bicyclic) bond motifs is 3. The van der Waals surface area contributed by atoms with E-state index in [0.29, 0.717) is 17.4 Å². The van der Waals surface area contributed by atoms with E-state index in [1.165, 1.54) is 0 Å². The summed E-state index contributed by atoms with van der Waals surface area (Å²) < 4.78 is 9.83. The van der Waals surface area contributed by atoms with Crippen molar-refractivity contribution < 1.29 is 27.1 Å². The zero-order valence-electron chi connectivity index (χ0n) is 16.0. The summed E-state index contributed by atoms with van der Waals surface area (Å²) in [6, 6.07) is 26.3. The van der Waals surface area contributed by atoms with E-state index in [2.05, 4.69) is 39.3 Å². The quantitative estimate of drug-likeness (QED) is 0.222. The van der Waals surface area contributed by atoms with Crippen LogP contribution in [-0.2, 0) is 22.4 Å². The van der Waals surface area contributed by atoms with E-state index in [0.717, 1.165) is 27.5 Å². The first-order valence-corrected chi connectivity index (χ1v) is 9.46. The monoisotopic (exact) mass is 585 g/mol. The maximum Gasteiger partial charge on any atom is 3.00 e. The van der Waals surface area contributed by atoms with Gasteiger partial charge in [-0.05, 0) is 29.7 Å². The third-order valence-electron chi connectivity index (χ3n) is 4.93. The Morgan fingerprint density at radius 1 is 0.839 bits per heavy atom. The van der Waals surface area contributed by atoms with Gasteiger partial charge in [-0.3, -0.25) is 4.68 Å². The molecule has 0 saturated carbocycles. The predicted molar refractivity (Wildman–Crippen MR) is 113 cm³/mol. The number of nitrogens with zero attached hydrogens (tertiary/aromatic N) is 5. The van der Waals surface area contributed by atoms with Gasteiger partial charge in [0.25, 0.3) is 0 Å². The molecule has 6 rings (SSSR count). The molecule has 6 nitrogen and oxygen atoms in total. The number of hydrogen-bond donors (Lipinski definition) is 0. The summed E-state index contributed by atoms with van der Waals surface area (Å²) in [5.74, 6) is 1.79. The van der Waals surface area contributed by atoms with Crippen LogP contribution >= 0.6 is 0 Å². The summed E-state index contributed by atoms with van der Waals surface area (Å²) in [7, 11) is 0. The van der Waals surface area contributed by atoms with Crippen LogP contribution in [0.5, 0.6) is 11.5 Å². The Bertz CT molecular complexity index is 1470. The maximum atomic E-state index is 6.09. The largest absolute Gasteiger partial charge is 3.00 e. The molecule has 3 aromatic carbocycles. The van der Waals surface area contributed by atoms with Gasteiger partial charge in [-0.15, -0.1) is 41.2 Å². The average Bonchev–Trinajstić information content (AvgIpc) is 3.53. The first-order chi connectivity index (χ1) is 14.9. The molecule has 0 fully saturated rings. The van der Waals surface area contributed by atoms with Gasteiger partial charge in [-0.2, -0.15) is 17.2 Å². The molecule has 0 saturated heterocycles. The Hall–Kier alpha value is -3.58. The van der Waals surface area contributed by atoms with E-state index in [1.807, 2.05) is 59.3 Å². The first-order valence-electron chi connectivity index (χ1n) is 9.46. The van der Waals surface area contributed by atoms with Crippen molar-refractivity contribution in [3.05, 3.63) is 97.6 Å². The number of ether oxygens (including phenoxy) is 1. The molecule has 0 N–H and O–H groups in total. The second-order valence-corrected chi connectivity index (χ2v) is 6.75. The van der Waals surface area contributed by atoms with Crippen molar-refractivity contribution in [2.24, 2.45) is 0 Å². The van der Waals surface area contributed by atoms with E-state index >= 15 is 0 Å². The molecule has 3 heterocycles. The van der Waals surface area contributed by atoms with Crippen LogP contribution in [0.4, 0.5) is 0 Å². The topological polar surface area (TPSA) is 59.0 Å². The molecule has 0 bridgehead atoms. The van der Waals surface area contributed by atoms with Crippen molar-refractivity contribution in [2.75, 3.05) is 0 Å². The van der Waals surface area contributed by atoms with Crippen LogP contribution in [0.25, 0.3) is 33.4 Å². The van der Waals surface area contributed by atoms with Gasteiger partial charge in [0.2, 0.25) is 0 Å². The fraction of sp³-hybridized carbons (Fsp3) is 0. The number of para-hydroxylation sites is 1. The van der Waals surface area contributed by atoms with Crippen LogP contribution in [-0.4, -0.2) is 19.3 Å². The van der Waals surface area contributed by atoms with Gasteiger partial charge in [0, 0.05) is 29.8 Å². The van der Waals surface area contributed by atoms with Gasteiger partial charge < -0.3 is 19.3 Å². The summed E-state index contributed by atoms with van der Waals surface area (Å²) in [5.41, 5.74) is 2.69. The van der Waals surface area contributed by atoms with E-state index in [1.54, 1.807) is 23.3 Å². The van der Waals surface area contributed by atoms with Gasteiger partial charge >= 0.3 is 22.4 Å². The van der Waals surface area contributed by atoms with Gasteiger partial charge in [0.1, 0.15) is 0 Å². The molecule has 0 aliphatic carbocycles. The van der Waals surface area contributed by atoms with Crippen molar-refractivity contribution in [3.63, 3.8) is 0 Å². The molecule has 0 aliphatic heterocycles. The fourth-order valence-electron chi connectivity index (χ4n) is 3.65. The second-order valence-electron chi connectivity index (χ2n) is 6.75. The number of aromatic nitrogens is 5. The van der Waals surface area contributed by atoms with Crippen LogP contribution < -0.4 is 9.72 Å². The molecule has 0 spiro atoms. The van der Waals surface area contributed by atoms with Gasteiger partial charge in [0.15, 0.2) is 0 Å². The second kappa shape index (κ2) is 7.92. The molecule has 152 valence electrons. The predicted octanol–water partition coefficient (Wildman–Crippen LogP) is 4.71. The summed E-state index contributed by atoms with van der Waals surface area (Å²) in [5, 5.41) is 6.43. The SMILES string of the molecule is [Au+3].[c-]1c(Oc2[c-]c3c(cc2)c2ccccc2n3-c2ncc[n-]2)cccc1-n1cccn1. The Labute approximate surface area is 193 Å². The van der Waals surface area contributed by atoms with Crippen LogP contribution in [0.1, 0.15) is 0 Å². The van der Waals surface area contributed by atoms with Crippen molar-refractivity contribution in [1.29, 1.82) is 0 Å². The van der Waals surface area contributed by atoms with E-state index < -0.39 is 0 Å². The Kier molecular flexibility index (Phi) is 4.96. The van der Waals surface area contributed by atoms with Crippen LogP contribution in [0.15, 0.2) is 85.5 Å². The Morgan fingerprint density at radius 3 is 2.58 bits per heavy atom. The zero-order chi connectivity index (χ0) is 19.9. The molecule has 0 atom stereocenters. The smallest absolute Gasteiger partial charge is 0.509 e. The third kappa shape index (κ3) is 3.37. The third-order valence-corrected chi connectivity index (χ3v) is 4.93. The Morgan fingerprint density at radius 2 is 1.74 bits per heavy atom. The van der Waals surface area contributed by atoms with Crippen LogP contribution in [0.2, 0.25) is 0 Å². The molecule has 0 amide bonds. The zero-order valence-corrected chi connectivity index (χ0v) is 18.2. The molecule has 0 aliphatic rings. The normalized spacial score (nSPS) is 11.0. The maximum absolute atomic E-state index is 6.09. The van der Waals surface area contributed by atoms with Crippen LogP contribution in [0.3, 0.4) is 0 Å². The van der Waals surface area contributed by atoms with Gasteiger partial charge in [0.05, 0.1) is 0 Å². The standard InChI is InChI=1S/C24H14N5O.Au/c1-2-8-22-20(7-1)21-10-9-19(16-23(21)29(22)24-25-12-13-26-24)30-18-6-3-5-17(15-18)28-14-4-11-27-28;/h1-14H;/q-3;+3. The van der Waals surface area contributed by atoms with Gasteiger partial charge in [-0.1, -0.05) is 29.7 Å². The average molecular weight is 585 g/mol. The molecule has 6 aromatic rings. The minimum absolute atomic E-state index is 0. The number of imidazole rings is 1. The van der Waals surface area contributed by atoms with E-state index in [9.17, 15) is 0 Å². The first kappa shape index (κ1) is 19.4. The molecular weight excluding hydrogens is 571 g/mol. The molecule has 7 heteroatoms. The summed E-state index contributed by atoms with van der Waals surface area (Å²) >= 11 is 0. The number of hydrogen-bond acceptors (Lipinski definition) is 3. The summed E-state index contributed by atoms with van der Waals surface area (Å²) in [6.45, 7) is 0. The minimum atomic E-state index is 0. The summed E-state index contributed by atoms with van der Waals surface area (Å²) in [6.07, 6.45) is 6.97. The minimum Gasteiger partial charge on any atom is -0.509 e. The number of rotatable bonds is 4. The Balaban J connectivity index is 0.00000204. The van der Waals surface area contributed by atoms with E-state index in [-0.39, 0.29) is 22.4 Å². The molecule has 0 radical (unpaired) electrons. The van der Waals surface area contributed by atoms with Crippen molar-refractivity contribution in [2.45, 2.75) is 0 Å². The molecule has 31 heavy (non-hydrogen) atoms. The summed E-state index contributed by atoms with van der Waals surface area (Å²) in [4.78, 5) is 8.78. The fourth-order valence-corrected chi connectivity index (χ4v) is 3.65. The molecular formula is C24H14AuN5O. The van der Waals surface area contributed by atoms with Crippen LogP contribution in [0, 0.1) is 12.1 Å². The van der Waals surface area contributed by atoms with Crippen molar-refractivity contribution >= 4 is 21.8 Å². The van der Waals surface area contributed by atoms with Crippen molar-refractivity contribution in [1.82, 2.24) is 24.3 Å². The van der Waals surface area contributed by atoms with Gasteiger partial charge in [-0.25, -0.2) is 0 Å². The molecule has 3 aromatic heterocycles. The van der Waals surface area contributed by atoms with E-state index in [4.69, 9.17) is 4.74 Å².